The lowest BCUT2D eigenvalue weighted by Gasteiger charge is -2.18. The fourth-order valence-corrected chi connectivity index (χ4v) is 5.93. The molecule has 0 aliphatic carbocycles. The van der Waals surface area contributed by atoms with Crippen molar-refractivity contribution in [2.75, 3.05) is 10.6 Å². The summed E-state index contributed by atoms with van der Waals surface area (Å²) in [5.74, 6) is -3.86. The number of halogens is 4. The van der Waals surface area contributed by atoms with Crippen molar-refractivity contribution in [3.05, 3.63) is 121 Å². The summed E-state index contributed by atoms with van der Waals surface area (Å²) in [7, 11) is 0. The maximum Gasteiger partial charge on any atom is 0.338 e. The van der Waals surface area contributed by atoms with E-state index in [9.17, 15) is 24.3 Å². The van der Waals surface area contributed by atoms with Crippen molar-refractivity contribution in [1.29, 1.82) is 0 Å². The van der Waals surface area contributed by atoms with Gasteiger partial charge in [0.2, 0.25) is 5.91 Å². The van der Waals surface area contributed by atoms with Gasteiger partial charge in [-0.25, -0.2) is 9.59 Å². The van der Waals surface area contributed by atoms with Crippen molar-refractivity contribution in [2.24, 2.45) is 0 Å². The summed E-state index contributed by atoms with van der Waals surface area (Å²) in [5.41, 5.74) is 0.407. The zero-order chi connectivity index (χ0) is 30.6. The fraction of sp³-hybridized carbons (Fsp3) is 0.0345. The molecule has 0 saturated carbocycles. The van der Waals surface area contributed by atoms with E-state index in [4.69, 9.17) is 51.5 Å². The normalized spacial score (nSPS) is 11.4. The zero-order valence-electron chi connectivity index (χ0n) is 21.0. The number of aromatic carboxylic acids is 2. The van der Waals surface area contributed by atoms with Gasteiger partial charge in [-0.1, -0.05) is 82.8 Å². The maximum atomic E-state index is 13.4. The highest BCUT2D eigenvalue weighted by Gasteiger charge is 2.29. The number of hydrogen-bond donors (Lipinski definition) is 4. The van der Waals surface area contributed by atoms with Crippen molar-refractivity contribution >= 4 is 93.3 Å². The minimum Gasteiger partial charge on any atom is -0.478 e. The summed E-state index contributed by atoms with van der Waals surface area (Å²) >= 11 is 25.5. The quantitative estimate of drug-likeness (QED) is 0.0802. The number of carbonyl (C=O) groups is 4. The van der Waals surface area contributed by atoms with E-state index in [0.717, 1.165) is 0 Å². The molecule has 13 heteroatoms. The van der Waals surface area contributed by atoms with Gasteiger partial charge in [0.05, 0.1) is 36.8 Å². The van der Waals surface area contributed by atoms with Crippen LogP contribution >= 0.6 is 58.2 Å². The monoisotopic (exact) mass is 662 g/mol. The first-order valence-electron chi connectivity index (χ1n) is 11.8. The van der Waals surface area contributed by atoms with Crippen LogP contribution in [0.3, 0.4) is 0 Å². The molecule has 4 rings (SSSR count). The van der Waals surface area contributed by atoms with Gasteiger partial charge in [0, 0.05) is 16.3 Å². The molecule has 0 spiro atoms. The van der Waals surface area contributed by atoms with Crippen molar-refractivity contribution in [2.45, 2.75) is 10.1 Å². The van der Waals surface area contributed by atoms with E-state index in [-0.39, 0.29) is 32.2 Å². The van der Waals surface area contributed by atoms with Gasteiger partial charge in [-0.2, -0.15) is 0 Å². The van der Waals surface area contributed by atoms with E-state index in [0.29, 0.717) is 16.1 Å². The Morgan fingerprint density at radius 2 is 1.26 bits per heavy atom. The largest absolute Gasteiger partial charge is 0.478 e. The minimum atomic E-state index is -1.52. The van der Waals surface area contributed by atoms with Gasteiger partial charge in [-0.3, -0.25) is 9.59 Å². The second-order valence-electron chi connectivity index (χ2n) is 8.57. The van der Waals surface area contributed by atoms with Crippen molar-refractivity contribution in [3.8, 4) is 0 Å². The summed E-state index contributed by atoms with van der Waals surface area (Å²) in [4.78, 5) is 50.2. The molecule has 2 amide bonds. The highest BCUT2D eigenvalue weighted by molar-refractivity contribution is 8.00. The van der Waals surface area contributed by atoms with Crippen LogP contribution in [0.5, 0.6) is 0 Å². The molecule has 0 saturated heterocycles. The van der Waals surface area contributed by atoms with Crippen LogP contribution in [0, 0.1) is 0 Å². The molecule has 0 radical (unpaired) electrons. The van der Waals surface area contributed by atoms with Crippen LogP contribution in [-0.2, 0) is 4.79 Å². The standard InChI is InChI=1S/C29H18Cl4N2O6S/c30-21-19(20(29(40)41)22(31)24(33)23(21)32)26(36)35-17-7-4-8-18(13-17)42-25(14-5-2-1-3-6-14)27(37)34-16-11-9-15(10-12-16)28(38)39/h1-13,25H,(H,34,37)(H,35,36)(H,38,39)(H,40,41). The fourth-order valence-electron chi connectivity index (χ4n) is 3.83. The predicted molar refractivity (Wildman–Crippen MR) is 165 cm³/mol. The minimum absolute atomic E-state index is 0.0840. The number of thioether (sulfide) groups is 1. The van der Waals surface area contributed by atoms with Gasteiger partial charge < -0.3 is 20.8 Å². The predicted octanol–water partition coefficient (Wildman–Crippen LogP) is 8.42. The van der Waals surface area contributed by atoms with E-state index in [2.05, 4.69) is 10.6 Å². The van der Waals surface area contributed by atoms with Gasteiger partial charge in [-0.05, 0) is 48.0 Å². The number of carbonyl (C=O) groups excluding carboxylic acids is 2. The second kappa shape index (κ2) is 13.5. The van der Waals surface area contributed by atoms with Crippen LogP contribution < -0.4 is 10.6 Å². The lowest BCUT2D eigenvalue weighted by Crippen LogP contribution is -2.19. The Balaban J connectivity index is 1.60. The third-order valence-electron chi connectivity index (χ3n) is 5.79. The number of amides is 2. The van der Waals surface area contributed by atoms with Gasteiger partial charge in [0.25, 0.3) is 5.91 Å². The topological polar surface area (TPSA) is 133 Å². The molecule has 42 heavy (non-hydrogen) atoms. The Morgan fingerprint density at radius 1 is 0.643 bits per heavy atom. The Kier molecular flexibility index (Phi) is 10.0. The zero-order valence-corrected chi connectivity index (χ0v) is 24.9. The molecule has 0 aliphatic rings. The molecule has 1 atom stereocenters. The van der Waals surface area contributed by atoms with E-state index in [1.54, 1.807) is 48.5 Å². The Labute approximate surface area is 263 Å². The number of nitrogens with one attached hydrogen (secondary N) is 2. The molecule has 0 fully saturated rings. The van der Waals surface area contributed by atoms with E-state index in [1.807, 2.05) is 6.07 Å². The number of hydrogen-bond acceptors (Lipinski definition) is 5. The summed E-state index contributed by atoms with van der Waals surface area (Å²) in [6, 6.07) is 21.3. The summed E-state index contributed by atoms with van der Waals surface area (Å²) in [6.07, 6.45) is 0. The SMILES string of the molecule is O=C(O)c1ccc(NC(=O)C(Sc2cccc(NC(=O)c3c(Cl)c(Cl)c(Cl)c(Cl)c3C(=O)O)c2)c2ccccc2)cc1. The molecule has 4 aromatic carbocycles. The highest BCUT2D eigenvalue weighted by Crippen LogP contribution is 2.42. The molecule has 0 aromatic heterocycles. The Hall–Kier alpha value is -3.73. The molecular formula is C29H18Cl4N2O6S. The van der Waals surface area contributed by atoms with Gasteiger partial charge in [0.1, 0.15) is 5.25 Å². The molecule has 4 aromatic rings. The number of carboxylic acids is 2. The third-order valence-corrected chi connectivity index (χ3v) is 8.84. The van der Waals surface area contributed by atoms with Crippen molar-refractivity contribution in [1.82, 2.24) is 0 Å². The third kappa shape index (κ3) is 7.00. The molecule has 214 valence electrons. The molecule has 0 aliphatic heterocycles. The number of rotatable bonds is 9. The number of anilines is 2. The summed E-state index contributed by atoms with van der Waals surface area (Å²) in [6.45, 7) is 0. The number of carboxylic acid groups (broad SMARTS) is 2. The average molecular weight is 664 g/mol. The van der Waals surface area contributed by atoms with Crippen molar-refractivity contribution in [3.63, 3.8) is 0 Å². The first kappa shape index (κ1) is 31.2. The van der Waals surface area contributed by atoms with Crippen LogP contribution in [0.15, 0.2) is 83.8 Å². The molecule has 1 unspecified atom stereocenters. The van der Waals surface area contributed by atoms with E-state index in [1.165, 1.54) is 36.0 Å². The molecule has 0 bridgehead atoms. The smallest absolute Gasteiger partial charge is 0.338 e. The highest BCUT2D eigenvalue weighted by atomic mass is 35.5. The van der Waals surface area contributed by atoms with Crippen molar-refractivity contribution < 1.29 is 29.4 Å². The summed E-state index contributed by atoms with van der Waals surface area (Å²) < 4.78 is 0. The lowest BCUT2D eigenvalue weighted by atomic mass is 10.1. The van der Waals surface area contributed by atoms with Crippen LogP contribution in [-0.4, -0.2) is 34.0 Å². The van der Waals surface area contributed by atoms with Crippen LogP contribution in [0.25, 0.3) is 0 Å². The number of benzene rings is 4. The van der Waals surface area contributed by atoms with E-state index < -0.39 is 39.2 Å². The van der Waals surface area contributed by atoms with Gasteiger partial charge in [-0.15, -0.1) is 11.8 Å². The summed E-state index contributed by atoms with van der Waals surface area (Å²) in [5, 5.41) is 22.1. The van der Waals surface area contributed by atoms with Crippen LogP contribution in [0.2, 0.25) is 20.1 Å². The molecule has 0 heterocycles. The molecule has 8 nitrogen and oxygen atoms in total. The maximum absolute atomic E-state index is 13.4. The first-order valence-corrected chi connectivity index (χ1v) is 14.2. The van der Waals surface area contributed by atoms with Crippen LogP contribution in [0.1, 0.15) is 41.9 Å². The van der Waals surface area contributed by atoms with Crippen LogP contribution in [0.4, 0.5) is 11.4 Å². The Morgan fingerprint density at radius 3 is 1.86 bits per heavy atom. The van der Waals surface area contributed by atoms with Gasteiger partial charge >= 0.3 is 11.9 Å². The van der Waals surface area contributed by atoms with E-state index >= 15 is 0 Å². The molecular weight excluding hydrogens is 646 g/mol. The first-order chi connectivity index (χ1) is 20.0. The molecule has 4 N–H and O–H groups in total. The lowest BCUT2D eigenvalue weighted by molar-refractivity contribution is -0.115. The second-order valence-corrected chi connectivity index (χ2v) is 11.3. The van der Waals surface area contributed by atoms with Gasteiger partial charge in [0.15, 0.2) is 0 Å². The average Bonchev–Trinajstić information content (AvgIpc) is 2.97. The Bertz CT molecular complexity index is 1700.